The van der Waals surface area contributed by atoms with Crippen LogP contribution in [-0.2, 0) is 9.59 Å². The van der Waals surface area contributed by atoms with Crippen LogP contribution in [0.1, 0.15) is 40.0 Å². The Kier molecular flexibility index (Phi) is 4.58. The molecule has 1 aromatic rings. The molecule has 0 fully saturated rings. The second-order valence-corrected chi connectivity index (χ2v) is 5.08. The van der Waals surface area contributed by atoms with Crippen LogP contribution in [0.25, 0.3) is 0 Å². The van der Waals surface area contributed by atoms with Crippen molar-refractivity contribution in [3.8, 4) is 0 Å². The molecule has 0 spiro atoms. The molecule has 0 radical (unpaired) electrons. The molecule has 24 heavy (non-hydrogen) atoms. The smallest absolute Gasteiger partial charge is 0.326 e. The lowest BCUT2D eigenvalue weighted by Gasteiger charge is -2.22. The van der Waals surface area contributed by atoms with Crippen LogP contribution in [-0.4, -0.2) is 49.8 Å². The maximum Gasteiger partial charge on any atom is 0.326 e. The van der Waals surface area contributed by atoms with Crippen LogP contribution in [0.5, 0.6) is 0 Å². The molecule has 0 aromatic heterocycles. The summed E-state index contributed by atoms with van der Waals surface area (Å²) >= 11 is 0. The SMILES string of the molecule is O=C(O)CCCC(C(=O)O)N1C(=O)c2cccc([N+](=O)[O-])c2C1=O. The molecule has 126 valence electrons. The highest BCUT2D eigenvalue weighted by molar-refractivity contribution is 6.24. The number of carboxylic acid groups (broad SMARTS) is 2. The van der Waals surface area contributed by atoms with Crippen LogP contribution < -0.4 is 0 Å². The Hall–Kier alpha value is -3.30. The molecule has 2 amide bonds. The first-order valence-electron chi connectivity index (χ1n) is 6.85. The van der Waals surface area contributed by atoms with Gasteiger partial charge in [0.05, 0.1) is 10.5 Å². The van der Waals surface area contributed by atoms with Gasteiger partial charge in [0.25, 0.3) is 17.5 Å². The van der Waals surface area contributed by atoms with Gasteiger partial charge in [0, 0.05) is 12.5 Å². The zero-order valence-corrected chi connectivity index (χ0v) is 12.2. The lowest BCUT2D eigenvalue weighted by atomic mass is 10.1. The predicted octanol–water partition coefficient (Wildman–Crippen LogP) is 0.899. The van der Waals surface area contributed by atoms with Gasteiger partial charge in [0.2, 0.25) is 0 Å². The first-order chi connectivity index (χ1) is 11.3. The molecule has 1 aliphatic rings. The monoisotopic (exact) mass is 336 g/mol. The van der Waals surface area contributed by atoms with E-state index in [-0.39, 0.29) is 24.8 Å². The molecule has 0 aliphatic carbocycles. The van der Waals surface area contributed by atoms with Crippen molar-refractivity contribution in [2.45, 2.75) is 25.3 Å². The number of fused-ring (bicyclic) bond motifs is 1. The summed E-state index contributed by atoms with van der Waals surface area (Å²) in [7, 11) is 0. The molecule has 1 aromatic carbocycles. The minimum atomic E-state index is -1.59. The largest absolute Gasteiger partial charge is 0.481 e. The number of amides is 2. The van der Waals surface area contributed by atoms with E-state index in [1.54, 1.807) is 0 Å². The van der Waals surface area contributed by atoms with Gasteiger partial charge in [-0.05, 0) is 18.9 Å². The van der Waals surface area contributed by atoms with Crippen molar-refractivity contribution in [1.29, 1.82) is 0 Å². The number of hydrogen-bond acceptors (Lipinski definition) is 6. The fourth-order valence-corrected chi connectivity index (χ4v) is 2.53. The van der Waals surface area contributed by atoms with Crippen LogP contribution in [0.4, 0.5) is 5.69 Å². The van der Waals surface area contributed by atoms with Gasteiger partial charge >= 0.3 is 11.9 Å². The molecule has 2 rings (SSSR count). The Balaban J connectivity index is 2.37. The summed E-state index contributed by atoms with van der Waals surface area (Å²) in [6, 6.07) is 1.90. The number of rotatable bonds is 7. The number of carboxylic acids is 2. The fraction of sp³-hybridized carbons (Fsp3) is 0.286. The molecule has 0 bridgehead atoms. The number of hydrogen-bond donors (Lipinski definition) is 2. The second-order valence-electron chi connectivity index (χ2n) is 5.08. The fourth-order valence-electron chi connectivity index (χ4n) is 2.53. The number of benzene rings is 1. The van der Waals surface area contributed by atoms with E-state index >= 15 is 0 Å². The van der Waals surface area contributed by atoms with Gasteiger partial charge in [-0.2, -0.15) is 0 Å². The molecule has 10 nitrogen and oxygen atoms in total. The van der Waals surface area contributed by atoms with Crippen LogP contribution >= 0.6 is 0 Å². The highest BCUT2D eigenvalue weighted by Gasteiger charge is 2.46. The Labute approximate surface area is 134 Å². The normalized spacial score (nSPS) is 14.4. The summed E-state index contributed by atoms with van der Waals surface area (Å²) < 4.78 is 0. The Bertz CT molecular complexity index is 757. The van der Waals surface area contributed by atoms with E-state index in [0.29, 0.717) is 4.90 Å². The molecule has 0 saturated heterocycles. The first-order valence-corrected chi connectivity index (χ1v) is 6.85. The highest BCUT2D eigenvalue weighted by atomic mass is 16.6. The predicted molar refractivity (Wildman–Crippen MR) is 76.5 cm³/mol. The van der Waals surface area contributed by atoms with E-state index in [0.717, 1.165) is 6.07 Å². The average Bonchev–Trinajstić information content (AvgIpc) is 2.75. The summed E-state index contributed by atoms with van der Waals surface area (Å²) in [6.45, 7) is 0. The van der Waals surface area contributed by atoms with Crippen molar-refractivity contribution in [2.75, 3.05) is 0 Å². The van der Waals surface area contributed by atoms with E-state index in [2.05, 4.69) is 0 Å². The third-order valence-corrected chi connectivity index (χ3v) is 3.59. The second kappa shape index (κ2) is 6.44. The lowest BCUT2D eigenvalue weighted by Crippen LogP contribution is -2.44. The molecule has 0 saturated carbocycles. The maximum absolute atomic E-state index is 12.4. The van der Waals surface area contributed by atoms with E-state index < -0.39 is 46.0 Å². The highest BCUT2D eigenvalue weighted by Crippen LogP contribution is 2.32. The standard InChI is InChI=1S/C14H12N2O8/c17-10(18)6-2-5-9(14(21)22)15-12(19)7-3-1-4-8(16(23)24)11(7)13(15)20/h1,3-4,9H,2,5-6H2,(H,17,18)(H,21,22). The zero-order chi connectivity index (χ0) is 18.0. The molecule has 1 heterocycles. The molecule has 1 unspecified atom stereocenters. The summed E-state index contributed by atoms with van der Waals surface area (Å²) in [5, 5.41) is 28.9. The summed E-state index contributed by atoms with van der Waals surface area (Å²) in [4.78, 5) is 57.3. The zero-order valence-electron chi connectivity index (χ0n) is 12.2. The third kappa shape index (κ3) is 2.93. The van der Waals surface area contributed by atoms with Crippen molar-refractivity contribution < 1.29 is 34.3 Å². The number of carbonyl (C=O) groups is 4. The molecule has 1 atom stereocenters. The topological polar surface area (TPSA) is 155 Å². The summed E-state index contributed by atoms with van der Waals surface area (Å²) in [5.74, 6) is -4.64. The molecular formula is C14H12N2O8. The van der Waals surface area contributed by atoms with Crippen LogP contribution in [0.3, 0.4) is 0 Å². The molecule has 1 aliphatic heterocycles. The van der Waals surface area contributed by atoms with Gasteiger partial charge in [0.1, 0.15) is 11.6 Å². The number of carbonyl (C=O) groups excluding carboxylic acids is 2. The Morgan fingerprint density at radius 2 is 1.88 bits per heavy atom. The summed E-state index contributed by atoms with van der Waals surface area (Å²) in [5.41, 5.74) is -1.27. The van der Waals surface area contributed by atoms with Crippen molar-refractivity contribution in [1.82, 2.24) is 4.90 Å². The average molecular weight is 336 g/mol. The quantitative estimate of drug-likeness (QED) is 0.422. The minimum absolute atomic E-state index is 0.0677. The number of nitrogens with zero attached hydrogens (tertiary/aromatic N) is 2. The lowest BCUT2D eigenvalue weighted by molar-refractivity contribution is -0.385. The molecular weight excluding hydrogens is 324 g/mol. The van der Waals surface area contributed by atoms with Crippen LogP contribution in [0, 0.1) is 10.1 Å². The third-order valence-electron chi connectivity index (χ3n) is 3.59. The molecule has 2 N–H and O–H groups in total. The maximum atomic E-state index is 12.4. The minimum Gasteiger partial charge on any atom is -0.481 e. The van der Waals surface area contributed by atoms with Gasteiger partial charge in [-0.25, -0.2) is 4.79 Å². The van der Waals surface area contributed by atoms with Crippen LogP contribution in [0.15, 0.2) is 18.2 Å². The van der Waals surface area contributed by atoms with Gasteiger partial charge < -0.3 is 10.2 Å². The Morgan fingerprint density at radius 3 is 2.42 bits per heavy atom. The molecule has 10 heteroatoms. The van der Waals surface area contributed by atoms with E-state index in [4.69, 9.17) is 5.11 Å². The van der Waals surface area contributed by atoms with Crippen molar-refractivity contribution in [3.63, 3.8) is 0 Å². The summed E-state index contributed by atoms with van der Waals surface area (Å²) in [6.07, 6.45) is -0.657. The van der Waals surface area contributed by atoms with E-state index in [9.17, 15) is 34.4 Å². The van der Waals surface area contributed by atoms with E-state index in [1.165, 1.54) is 12.1 Å². The number of aliphatic carboxylic acids is 2. The van der Waals surface area contributed by atoms with E-state index in [1.807, 2.05) is 0 Å². The van der Waals surface area contributed by atoms with Crippen molar-refractivity contribution in [3.05, 3.63) is 39.4 Å². The first kappa shape index (κ1) is 17.1. The van der Waals surface area contributed by atoms with Crippen LogP contribution in [0.2, 0.25) is 0 Å². The van der Waals surface area contributed by atoms with Crippen molar-refractivity contribution >= 4 is 29.4 Å². The Morgan fingerprint density at radius 1 is 1.21 bits per heavy atom. The van der Waals surface area contributed by atoms with Crippen molar-refractivity contribution in [2.24, 2.45) is 0 Å². The van der Waals surface area contributed by atoms with Gasteiger partial charge in [-0.15, -0.1) is 0 Å². The van der Waals surface area contributed by atoms with Gasteiger partial charge in [-0.1, -0.05) is 6.07 Å². The number of nitro benzene ring substituents is 1. The number of imide groups is 1. The number of nitro groups is 1. The van der Waals surface area contributed by atoms with Gasteiger partial charge in [0.15, 0.2) is 0 Å². The van der Waals surface area contributed by atoms with Gasteiger partial charge in [-0.3, -0.25) is 29.4 Å².